The van der Waals surface area contributed by atoms with Crippen LogP contribution in [0, 0.1) is 5.82 Å². The molecule has 3 nitrogen and oxygen atoms in total. The molecule has 88 valence electrons. The lowest BCUT2D eigenvalue weighted by Gasteiger charge is -2.10. The lowest BCUT2D eigenvalue weighted by Crippen LogP contribution is -2.08. The van der Waals surface area contributed by atoms with Gasteiger partial charge in [-0.25, -0.2) is 9.37 Å². The van der Waals surface area contributed by atoms with Gasteiger partial charge in [0.25, 0.3) is 0 Å². The van der Waals surface area contributed by atoms with Gasteiger partial charge in [0, 0.05) is 18.4 Å². The lowest BCUT2D eigenvalue weighted by molar-refractivity contribution is 0.619. The third-order valence-corrected chi connectivity index (χ3v) is 3.03. The van der Waals surface area contributed by atoms with Crippen LogP contribution in [0.4, 0.5) is 10.3 Å². The molecule has 1 N–H and O–H groups in total. The van der Waals surface area contributed by atoms with E-state index in [9.17, 15) is 4.39 Å². The average Bonchev–Trinajstić information content (AvgIpc) is 3.01. The van der Waals surface area contributed by atoms with Gasteiger partial charge in [-0.1, -0.05) is 17.7 Å². The maximum atomic E-state index is 13.9. The Kier molecular flexibility index (Phi) is 2.52. The summed E-state index contributed by atoms with van der Waals surface area (Å²) in [5, 5.41) is 3.37. The van der Waals surface area contributed by atoms with Crippen molar-refractivity contribution in [1.82, 2.24) is 9.55 Å². The number of benzene rings is 1. The summed E-state index contributed by atoms with van der Waals surface area (Å²) >= 11 is 5.77. The van der Waals surface area contributed by atoms with Crippen LogP contribution in [0.2, 0.25) is 5.02 Å². The molecule has 2 aromatic rings. The van der Waals surface area contributed by atoms with E-state index in [1.165, 1.54) is 6.07 Å². The Balaban J connectivity index is 2.02. The van der Waals surface area contributed by atoms with Crippen LogP contribution in [0.15, 0.2) is 30.6 Å². The minimum Gasteiger partial charge on any atom is -0.353 e. The molecule has 5 heteroatoms. The van der Waals surface area contributed by atoms with Crippen molar-refractivity contribution in [2.45, 2.75) is 18.9 Å². The van der Waals surface area contributed by atoms with Gasteiger partial charge in [0.05, 0.1) is 10.7 Å². The maximum absolute atomic E-state index is 13.9. The number of nitrogens with zero attached hydrogens (tertiary/aromatic N) is 2. The third-order valence-electron chi connectivity index (χ3n) is 2.74. The quantitative estimate of drug-likeness (QED) is 0.908. The molecule has 3 rings (SSSR count). The SMILES string of the molecule is Fc1c(Cl)cccc1-n1ccnc1NC1CC1. The van der Waals surface area contributed by atoms with Gasteiger partial charge >= 0.3 is 0 Å². The molecule has 0 amide bonds. The van der Waals surface area contributed by atoms with Crippen molar-refractivity contribution in [3.05, 3.63) is 41.4 Å². The summed E-state index contributed by atoms with van der Waals surface area (Å²) in [6.45, 7) is 0. The zero-order valence-electron chi connectivity index (χ0n) is 9.03. The molecule has 1 aromatic carbocycles. The van der Waals surface area contributed by atoms with Crippen LogP contribution in [-0.4, -0.2) is 15.6 Å². The van der Waals surface area contributed by atoms with Crippen LogP contribution >= 0.6 is 11.6 Å². The van der Waals surface area contributed by atoms with Crippen LogP contribution in [0.1, 0.15) is 12.8 Å². The predicted molar refractivity (Wildman–Crippen MR) is 65.2 cm³/mol. The van der Waals surface area contributed by atoms with E-state index in [0.717, 1.165) is 12.8 Å². The first kappa shape index (κ1) is 10.6. The summed E-state index contributed by atoms with van der Waals surface area (Å²) in [5.74, 6) is 0.236. The molecular formula is C12H11ClFN3. The Morgan fingerprint density at radius 3 is 3.00 bits per heavy atom. The highest BCUT2D eigenvalue weighted by Gasteiger charge is 2.23. The molecule has 17 heavy (non-hydrogen) atoms. The molecule has 0 radical (unpaired) electrons. The van der Waals surface area contributed by atoms with Gasteiger partial charge in [0.1, 0.15) is 0 Å². The number of halogens is 2. The Bertz CT molecular complexity index is 548. The van der Waals surface area contributed by atoms with Crippen molar-refractivity contribution in [3.63, 3.8) is 0 Å². The molecule has 0 atom stereocenters. The number of hydrogen-bond donors (Lipinski definition) is 1. The van der Waals surface area contributed by atoms with E-state index in [2.05, 4.69) is 10.3 Å². The number of rotatable bonds is 3. The molecule has 0 unspecified atom stereocenters. The van der Waals surface area contributed by atoms with Crippen LogP contribution in [-0.2, 0) is 0 Å². The highest BCUT2D eigenvalue weighted by molar-refractivity contribution is 6.30. The van der Waals surface area contributed by atoms with E-state index in [0.29, 0.717) is 17.7 Å². The summed E-state index contributed by atoms with van der Waals surface area (Å²) in [4.78, 5) is 4.19. The summed E-state index contributed by atoms with van der Waals surface area (Å²) in [6.07, 6.45) is 5.65. The Labute approximate surface area is 103 Å². The fraction of sp³-hybridized carbons (Fsp3) is 0.250. The normalized spacial score (nSPS) is 14.9. The van der Waals surface area contributed by atoms with E-state index >= 15 is 0 Å². The summed E-state index contributed by atoms with van der Waals surface area (Å²) in [6, 6.07) is 5.41. The van der Waals surface area contributed by atoms with Crippen molar-refractivity contribution in [2.24, 2.45) is 0 Å². The molecule has 1 heterocycles. The first-order chi connectivity index (χ1) is 8.25. The molecule has 0 saturated heterocycles. The van der Waals surface area contributed by atoms with Gasteiger partial charge in [-0.2, -0.15) is 0 Å². The molecule has 1 aliphatic carbocycles. The summed E-state index contributed by atoms with van der Waals surface area (Å²) < 4.78 is 15.6. The van der Waals surface area contributed by atoms with Gasteiger partial charge in [-0.3, -0.25) is 4.57 Å². The molecule has 0 bridgehead atoms. The van der Waals surface area contributed by atoms with Crippen LogP contribution in [0.25, 0.3) is 5.69 Å². The largest absolute Gasteiger partial charge is 0.353 e. The van der Waals surface area contributed by atoms with Crippen molar-refractivity contribution >= 4 is 17.5 Å². The van der Waals surface area contributed by atoms with E-state index in [-0.39, 0.29) is 5.02 Å². The van der Waals surface area contributed by atoms with Crippen molar-refractivity contribution in [2.75, 3.05) is 5.32 Å². The number of anilines is 1. The van der Waals surface area contributed by atoms with E-state index in [4.69, 9.17) is 11.6 Å². The van der Waals surface area contributed by atoms with Crippen LogP contribution < -0.4 is 5.32 Å². The van der Waals surface area contributed by atoms with Gasteiger partial charge in [-0.05, 0) is 25.0 Å². The Morgan fingerprint density at radius 1 is 1.41 bits per heavy atom. The van der Waals surface area contributed by atoms with E-state index < -0.39 is 5.82 Å². The Hall–Kier alpha value is -1.55. The van der Waals surface area contributed by atoms with Gasteiger partial charge in [-0.15, -0.1) is 0 Å². The molecule has 1 aromatic heterocycles. The third kappa shape index (κ3) is 2.00. The first-order valence-corrected chi connectivity index (χ1v) is 5.88. The van der Waals surface area contributed by atoms with E-state index in [1.54, 1.807) is 29.1 Å². The minimum absolute atomic E-state index is 0.119. The van der Waals surface area contributed by atoms with Crippen LogP contribution in [0.3, 0.4) is 0 Å². The first-order valence-electron chi connectivity index (χ1n) is 5.50. The van der Waals surface area contributed by atoms with Crippen molar-refractivity contribution < 1.29 is 4.39 Å². The fourth-order valence-electron chi connectivity index (χ4n) is 1.69. The maximum Gasteiger partial charge on any atom is 0.207 e. The van der Waals surface area contributed by atoms with Gasteiger partial charge < -0.3 is 5.32 Å². The molecule has 0 aliphatic heterocycles. The zero-order valence-corrected chi connectivity index (χ0v) is 9.78. The minimum atomic E-state index is -0.425. The smallest absolute Gasteiger partial charge is 0.207 e. The van der Waals surface area contributed by atoms with Crippen molar-refractivity contribution in [1.29, 1.82) is 0 Å². The van der Waals surface area contributed by atoms with Gasteiger partial charge in [0.15, 0.2) is 5.82 Å². The molecule has 1 aliphatic rings. The van der Waals surface area contributed by atoms with Gasteiger partial charge in [0.2, 0.25) is 5.95 Å². The molecule has 1 fully saturated rings. The number of aromatic nitrogens is 2. The number of hydrogen-bond acceptors (Lipinski definition) is 2. The second kappa shape index (κ2) is 4.04. The standard InChI is InChI=1S/C12H11ClFN3/c13-9-2-1-3-10(11(9)14)17-7-6-15-12(17)16-8-4-5-8/h1-3,6-8H,4-5H2,(H,15,16). The van der Waals surface area contributed by atoms with Crippen molar-refractivity contribution in [3.8, 4) is 5.69 Å². The highest BCUT2D eigenvalue weighted by atomic mass is 35.5. The predicted octanol–water partition coefficient (Wildman–Crippen LogP) is 3.24. The van der Waals surface area contributed by atoms with Crippen LogP contribution in [0.5, 0.6) is 0 Å². The Morgan fingerprint density at radius 2 is 2.24 bits per heavy atom. The molecular weight excluding hydrogens is 241 g/mol. The number of imidazole rings is 1. The summed E-state index contributed by atoms with van der Waals surface area (Å²) in [7, 11) is 0. The second-order valence-electron chi connectivity index (χ2n) is 4.11. The van der Waals surface area contributed by atoms with E-state index in [1.807, 2.05) is 0 Å². The zero-order chi connectivity index (χ0) is 11.8. The monoisotopic (exact) mass is 251 g/mol. The highest BCUT2D eigenvalue weighted by Crippen LogP contribution is 2.27. The molecule has 1 saturated carbocycles. The number of nitrogens with one attached hydrogen (secondary N) is 1. The lowest BCUT2D eigenvalue weighted by atomic mass is 10.3. The molecule has 0 spiro atoms. The summed E-state index contributed by atoms with van der Waals surface area (Å²) in [5.41, 5.74) is 0.415. The fourth-order valence-corrected chi connectivity index (χ4v) is 1.86. The topological polar surface area (TPSA) is 29.9 Å². The average molecular weight is 252 g/mol. The second-order valence-corrected chi connectivity index (χ2v) is 4.52.